The van der Waals surface area contributed by atoms with E-state index in [9.17, 15) is 22.4 Å². The minimum atomic E-state index is -4.93. The van der Waals surface area contributed by atoms with Crippen molar-refractivity contribution in [3.63, 3.8) is 0 Å². The summed E-state index contributed by atoms with van der Waals surface area (Å²) in [7, 11) is 0. The molecule has 0 radical (unpaired) electrons. The zero-order valence-electron chi connectivity index (χ0n) is 17.7. The van der Waals surface area contributed by atoms with Crippen LogP contribution in [0.3, 0.4) is 0 Å². The van der Waals surface area contributed by atoms with Crippen LogP contribution < -0.4 is 5.32 Å². The summed E-state index contributed by atoms with van der Waals surface area (Å²) in [6, 6.07) is 11.9. The van der Waals surface area contributed by atoms with E-state index in [1.54, 1.807) is 6.07 Å². The van der Waals surface area contributed by atoms with Crippen molar-refractivity contribution in [2.75, 3.05) is 13.1 Å². The van der Waals surface area contributed by atoms with Crippen LogP contribution in [0.5, 0.6) is 0 Å². The molecule has 1 amide bonds. The molecule has 1 aromatic heterocycles. The first-order valence-corrected chi connectivity index (χ1v) is 10.1. The molecule has 170 valence electrons. The highest BCUT2D eigenvalue weighted by atomic mass is 19.4. The molecular weight excluding hydrogens is 426 g/mol. The molecule has 0 fully saturated rings. The number of nitrogens with zero attached hydrogens (tertiary/aromatic N) is 4. The lowest BCUT2D eigenvalue weighted by Gasteiger charge is -2.20. The van der Waals surface area contributed by atoms with Crippen molar-refractivity contribution in [3.8, 4) is 5.69 Å². The van der Waals surface area contributed by atoms with Gasteiger partial charge >= 0.3 is 6.18 Å². The molecule has 0 atom stereocenters. The molecule has 1 heterocycles. The van der Waals surface area contributed by atoms with E-state index < -0.39 is 29.3 Å². The van der Waals surface area contributed by atoms with Crippen molar-refractivity contribution < 1.29 is 22.4 Å². The molecule has 0 spiro atoms. The molecule has 0 bridgehead atoms. The number of carbonyl (C=O) groups excluding carboxylic acids is 1. The van der Waals surface area contributed by atoms with Crippen molar-refractivity contribution in [2.24, 2.45) is 0 Å². The fraction of sp³-hybridized carbons (Fsp3) is 0.318. The summed E-state index contributed by atoms with van der Waals surface area (Å²) in [5.41, 5.74) is -0.664. The van der Waals surface area contributed by atoms with E-state index in [2.05, 4.69) is 20.5 Å². The Kier molecular flexibility index (Phi) is 7.24. The van der Waals surface area contributed by atoms with E-state index >= 15 is 0 Å². The summed E-state index contributed by atoms with van der Waals surface area (Å²) in [6.45, 7) is 6.44. The van der Waals surface area contributed by atoms with Crippen LogP contribution in [0.4, 0.5) is 17.6 Å². The van der Waals surface area contributed by atoms with E-state index in [0.717, 1.165) is 36.3 Å². The van der Waals surface area contributed by atoms with Crippen molar-refractivity contribution in [3.05, 3.63) is 76.9 Å². The molecule has 1 N–H and O–H groups in total. The zero-order chi connectivity index (χ0) is 23.3. The van der Waals surface area contributed by atoms with Gasteiger partial charge in [-0.3, -0.25) is 9.69 Å². The van der Waals surface area contributed by atoms with Crippen LogP contribution in [0.15, 0.2) is 48.5 Å². The zero-order valence-corrected chi connectivity index (χ0v) is 17.7. The van der Waals surface area contributed by atoms with Gasteiger partial charge in [-0.1, -0.05) is 49.4 Å². The summed E-state index contributed by atoms with van der Waals surface area (Å²) in [5, 5.41) is 9.42. The Labute approximate surface area is 182 Å². The molecule has 3 rings (SSSR count). The summed E-state index contributed by atoms with van der Waals surface area (Å²) < 4.78 is 55.2. The van der Waals surface area contributed by atoms with Gasteiger partial charge < -0.3 is 5.32 Å². The molecule has 0 aliphatic rings. The molecule has 32 heavy (non-hydrogen) atoms. The minimum absolute atomic E-state index is 0.0282. The van der Waals surface area contributed by atoms with Crippen LogP contribution in [-0.2, 0) is 19.3 Å². The topological polar surface area (TPSA) is 63.1 Å². The van der Waals surface area contributed by atoms with Crippen LogP contribution in [0, 0.1) is 5.82 Å². The summed E-state index contributed by atoms with van der Waals surface area (Å²) in [4.78, 5) is 14.8. The van der Waals surface area contributed by atoms with Crippen molar-refractivity contribution in [2.45, 2.75) is 33.1 Å². The molecule has 0 saturated carbocycles. The van der Waals surface area contributed by atoms with Gasteiger partial charge in [-0.05, 0) is 42.4 Å². The highest BCUT2D eigenvalue weighted by molar-refractivity contribution is 5.93. The Bertz CT molecular complexity index is 1080. The van der Waals surface area contributed by atoms with Crippen molar-refractivity contribution >= 4 is 5.91 Å². The first-order valence-electron chi connectivity index (χ1n) is 10.1. The van der Waals surface area contributed by atoms with Gasteiger partial charge in [-0.2, -0.15) is 13.2 Å². The molecule has 0 aliphatic carbocycles. The van der Waals surface area contributed by atoms with E-state index in [0.29, 0.717) is 11.2 Å². The highest BCUT2D eigenvalue weighted by Crippen LogP contribution is 2.32. The quantitative estimate of drug-likeness (QED) is 0.524. The van der Waals surface area contributed by atoms with Crippen LogP contribution in [0.25, 0.3) is 5.69 Å². The number of hydrogen-bond donors (Lipinski definition) is 1. The third-order valence-corrected chi connectivity index (χ3v) is 5.05. The van der Waals surface area contributed by atoms with E-state index in [1.807, 2.05) is 32.0 Å². The van der Waals surface area contributed by atoms with Gasteiger partial charge in [0.15, 0.2) is 11.4 Å². The van der Waals surface area contributed by atoms with Gasteiger partial charge in [0.2, 0.25) is 0 Å². The Morgan fingerprint density at radius 2 is 1.75 bits per heavy atom. The van der Waals surface area contributed by atoms with Crippen LogP contribution >= 0.6 is 0 Å². The number of carbonyl (C=O) groups is 1. The molecule has 10 heteroatoms. The van der Waals surface area contributed by atoms with E-state index in [-0.39, 0.29) is 12.2 Å². The second kappa shape index (κ2) is 9.90. The lowest BCUT2D eigenvalue weighted by molar-refractivity contribution is -0.143. The maximum absolute atomic E-state index is 13.8. The van der Waals surface area contributed by atoms with Gasteiger partial charge in [-0.25, -0.2) is 9.07 Å². The van der Waals surface area contributed by atoms with E-state index in [1.165, 1.54) is 12.1 Å². The maximum atomic E-state index is 13.8. The Hall–Kier alpha value is -3.27. The number of halogens is 4. The lowest BCUT2D eigenvalue weighted by atomic mass is 10.1. The smallest absolute Gasteiger partial charge is 0.346 e. The number of alkyl halides is 3. The van der Waals surface area contributed by atoms with Gasteiger partial charge in [0.05, 0.1) is 5.69 Å². The van der Waals surface area contributed by atoms with Gasteiger partial charge in [0.1, 0.15) is 5.82 Å². The second-order valence-electron chi connectivity index (χ2n) is 7.09. The monoisotopic (exact) mass is 449 g/mol. The molecule has 0 unspecified atom stereocenters. The largest absolute Gasteiger partial charge is 0.435 e. The Balaban J connectivity index is 1.85. The number of rotatable bonds is 8. The standard InChI is InChI=1S/C22H23F4N5O/c1-3-30(4-2)14-16-9-6-5-8-15(16)13-27-21(32)19-20(22(24,25)26)31(29-28-19)18-11-7-10-17(23)12-18/h5-12H,3-4,13-14H2,1-2H3,(H,27,32). The van der Waals surface area contributed by atoms with E-state index in [4.69, 9.17) is 0 Å². The number of nitrogens with one attached hydrogen (secondary N) is 1. The number of amides is 1. The van der Waals surface area contributed by atoms with Crippen LogP contribution in [0.2, 0.25) is 0 Å². The maximum Gasteiger partial charge on any atom is 0.435 e. The Morgan fingerprint density at radius 1 is 1.06 bits per heavy atom. The Morgan fingerprint density at radius 3 is 2.38 bits per heavy atom. The summed E-state index contributed by atoms with van der Waals surface area (Å²) in [5.74, 6) is -1.75. The SMILES string of the molecule is CCN(CC)Cc1ccccc1CNC(=O)c1nnn(-c2cccc(F)c2)c1C(F)(F)F. The number of aromatic nitrogens is 3. The predicted octanol–water partition coefficient (Wildman–Crippen LogP) is 4.20. The number of hydrogen-bond acceptors (Lipinski definition) is 4. The molecule has 0 aliphatic heterocycles. The van der Waals surface area contributed by atoms with Gasteiger partial charge in [-0.15, -0.1) is 5.10 Å². The lowest BCUT2D eigenvalue weighted by Crippen LogP contribution is -2.28. The normalized spacial score (nSPS) is 11.7. The molecular formula is C22H23F4N5O. The van der Waals surface area contributed by atoms with Crippen molar-refractivity contribution in [1.29, 1.82) is 0 Å². The third-order valence-electron chi connectivity index (χ3n) is 5.05. The van der Waals surface area contributed by atoms with Crippen LogP contribution in [0.1, 0.15) is 41.2 Å². The third kappa shape index (κ3) is 5.31. The molecule has 0 saturated heterocycles. The number of benzene rings is 2. The molecule has 6 nitrogen and oxygen atoms in total. The minimum Gasteiger partial charge on any atom is -0.346 e. The first-order chi connectivity index (χ1) is 15.2. The second-order valence-corrected chi connectivity index (χ2v) is 7.09. The molecule has 2 aromatic carbocycles. The summed E-state index contributed by atoms with van der Waals surface area (Å²) >= 11 is 0. The van der Waals surface area contributed by atoms with Crippen LogP contribution in [-0.4, -0.2) is 38.9 Å². The highest BCUT2D eigenvalue weighted by Gasteiger charge is 2.42. The fourth-order valence-corrected chi connectivity index (χ4v) is 3.31. The van der Waals surface area contributed by atoms with Crippen molar-refractivity contribution in [1.82, 2.24) is 25.2 Å². The predicted molar refractivity (Wildman–Crippen MR) is 111 cm³/mol. The average molecular weight is 449 g/mol. The summed E-state index contributed by atoms with van der Waals surface area (Å²) in [6.07, 6.45) is -4.93. The average Bonchev–Trinajstić information content (AvgIpc) is 3.22. The van der Waals surface area contributed by atoms with Gasteiger partial charge in [0.25, 0.3) is 5.91 Å². The first kappa shape index (κ1) is 23.4. The molecule has 3 aromatic rings. The fourth-order valence-electron chi connectivity index (χ4n) is 3.31. The van der Waals surface area contributed by atoms with Gasteiger partial charge in [0, 0.05) is 13.1 Å².